The molecule has 3 amide bonds. The number of carbonyl (C=O) groups excluding carboxylic acids is 3. The van der Waals surface area contributed by atoms with E-state index in [-0.39, 0.29) is 17.7 Å². The van der Waals surface area contributed by atoms with Crippen LogP contribution in [0.15, 0.2) is 0 Å². The zero-order chi connectivity index (χ0) is 13.7. The lowest BCUT2D eigenvalue weighted by molar-refractivity contribution is -0.137. The lowest BCUT2D eigenvalue weighted by Gasteiger charge is -2.24. The molecule has 2 rings (SSSR count). The first kappa shape index (κ1) is 14.0. The number of nitrogens with one attached hydrogen (secondary N) is 3. The molecule has 0 aromatic carbocycles. The van der Waals surface area contributed by atoms with Crippen molar-refractivity contribution in [1.82, 2.24) is 16.0 Å². The summed E-state index contributed by atoms with van der Waals surface area (Å²) in [6.45, 7) is 1.03. The van der Waals surface area contributed by atoms with E-state index in [2.05, 4.69) is 16.0 Å². The van der Waals surface area contributed by atoms with E-state index in [0.717, 1.165) is 19.4 Å². The van der Waals surface area contributed by atoms with E-state index in [4.69, 9.17) is 0 Å². The minimum absolute atomic E-state index is 0.109. The van der Waals surface area contributed by atoms with Crippen LogP contribution < -0.4 is 16.0 Å². The van der Waals surface area contributed by atoms with E-state index in [1.165, 1.54) is 12.8 Å². The highest BCUT2D eigenvalue weighted by atomic mass is 16.2. The van der Waals surface area contributed by atoms with Crippen molar-refractivity contribution in [3.8, 4) is 0 Å². The van der Waals surface area contributed by atoms with Crippen molar-refractivity contribution in [3.05, 3.63) is 0 Å². The Morgan fingerprint density at radius 2 is 2.11 bits per heavy atom. The average Bonchev–Trinajstić information content (AvgIpc) is 2.41. The summed E-state index contributed by atoms with van der Waals surface area (Å²) in [4.78, 5) is 34.2. The highest BCUT2D eigenvalue weighted by Crippen LogP contribution is 2.12. The summed E-state index contributed by atoms with van der Waals surface area (Å²) < 4.78 is 0. The van der Waals surface area contributed by atoms with Gasteiger partial charge in [-0.25, -0.2) is 0 Å². The van der Waals surface area contributed by atoms with Gasteiger partial charge in [-0.2, -0.15) is 0 Å². The maximum Gasteiger partial charge on any atom is 0.249 e. The highest BCUT2D eigenvalue weighted by molar-refractivity contribution is 6.01. The Morgan fingerprint density at radius 3 is 2.79 bits per heavy atom. The van der Waals surface area contributed by atoms with Crippen molar-refractivity contribution in [2.24, 2.45) is 0 Å². The van der Waals surface area contributed by atoms with Gasteiger partial charge < -0.3 is 10.6 Å². The Morgan fingerprint density at radius 1 is 1.26 bits per heavy atom. The average molecular weight is 267 g/mol. The number of amides is 3. The first-order valence-corrected chi connectivity index (χ1v) is 7.01. The summed E-state index contributed by atoms with van der Waals surface area (Å²) in [5.74, 6) is -0.760. The van der Waals surface area contributed by atoms with E-state index in [9.17, 15) is 14.4 Å². The molecule has 106 valence electrons. The van der Waals surface area contributed by atoms with Crippen molar-refractivity contribution in [1.29, 1.82) is 0 Å². The first-order chi connectivity index (χ1) is 9.15. The van der Waals surface area contributed by atoms with Crippen LogP contribution >= 0.6 is 0 Å². The lowest BCUT2D eigenvalue weighted by Crippen LogP contribution is -2.52. The molecule has 6 nitrogen and oxygen atoms in total. The topological polar surface area (TPSA) is 87.3 Å². The third kappa shape index (κ3) is 4.31. The van der Waals surface area contributed by atoms with Gasteiger partial charge in [0, 0.05) is 18.9 Å². The van der Waals surface area contributed by atoms with Gasteiger partial charge >= 0.3 is 0 Å². The number of hydrogen-bond acceptors (Lipinski definition) is 4. The number of imide groups is 1. The van der Waals surface area contributed by atoms with Crippen molar-refractivity contribution >= 4 is 17.7 Å². The molecule has 19 heavy (non-hydrogen) atoms. The lowest BCUT2D eigenvalue weighted by atomic mass is 10.00. The summed E-state index contributed by atoms with van der Waals surface area (Å²) >= 11 is 0. The summed E-state index contributed by atoms with van der Waals surface area (Å²) in [6, 6.07) is -0.134. The summed E-state index contributed by atoms with van der Waals surface area (Å²) in [5, 5.41) is 8.32. The Hall–Kier alpha value is -1.43. The summed E-state index contributed by atoms with van der Waals surface area (Å²) in [5.41, 5.74) is 0. The molecule has 2 heterocycles. The van der Waals surface area contributed by atoms with Gasteiger partial charge in [-0.3, -0.25) is 19.7 Å². The van der Waals surface area contributed by atoms with Gasteiger partial charge in [0.05, 0.1) is 0 Å². The monoisotopic (exact) mass is 267 g/mol. The molecule has 2 aliphatic heterocycles. The Bertz CT molecular complexity index is 364. The van der Waals surface area contributed by atoms with Crippen LogP contribution in [0, 0.1) is 0 Å². The quantitative estimate of drug-likeness (QED) is 0.617. The van der Waals surface area contributed by atoms with Crippen molar-refractivity contribution < 1.29 is 14.4 Å². The molecule has 0 radical (unpaired) electrons. The molecular formula is C13H21N3O3. The fraction of sp³-hybridized carbons (Fsp3) is 0.769. The number of piperidine rings is 2. The fourth-order valence-electron chi connectivity index (χ4n) is 2.57. The number of hydrogen-bond donors (Lipinski definition) is 3. The zero-order valence-corrected chi connectivity index (χ0v) is 11.0. The first-order valence-electron chi connectivity index (χ1n) is 7.01. The van der Waals surface area contributed by atoms with Gasteiger partial charge in [-0.05, 0) is 32.2 Å². The third-order valence-corrected chi connectivity index (χ3v) is 3.71. The van der Waals surface area contributed by atoms with Crippen LogP contribution in [0.4, 0.5) is 0 Å². The second kappa shape index (κ2) is 6.65. The van der Waals surface area contributed by atoms with E-state index in [0.29, 0.717) is 25.3 Å². The van der Waals surface area contributed by atoms with Gasteiger partial charge in [0.15, 0.2) is 0 Å². The van der Waals surface area contributed by atoms with Gasteiger partial charge in [0.25, 0.3) is 0 Å². The molecule has 0 saturated carbocycles. The van der Waals surface area contributed by atoms with Crippen LogP contribution in [-0.2, 0) is 14.4 Å². The third-order valence-electron chi connectivity index (χ3n) is 3.71. The summed E-state index contributed by atoms with van der Waals surface area (Å²) in [7, 11) is 0. The van der Waals surface area contributed by atoms with E-state index in [1.807, 2.05) is 0 Å². The van der Waals surface area contributed by atoms with Crippen LogP contribution in [0.2, 0.25) is 0 Å². The predicted molar refractivity (Wildman–Crippen MR) is 69.2 cm³/mol. The van der Waals surface area contributed by atoms with Crippen molar-refractivity contribution in [2.45, 2.75) is 57.0 Å². The van der Waals surface area contributed by atoms with E-state index >= 15 is 0 Å². The standard InChI is InChI=1S/C13H21N3O3/c17-11(6-4-9-3-1-2-8-14-9)15-10-5-7-12(18)16-13(10)19/h9-10,14H,1-8H2,(H,15,17)(H,16,18,19). The van der Waals surface area contributed by atoms with Crippen molar-refractivity contribution in [3.63, 3.8) is 0 Å². The molecule has 0 spiro atoms. The van der Waals surface area contributed by atoms with Crippen LogP contribution in [0.5, 0.6) is 0 Å². The molecule has 2 fully saturated rings. The maximum atomic E-state index is 11.8. The molecule has 2 unspecified atom stereocenters. The van der Waals surface area contributed by atoms with Gasteiger partial charge in [-0.1, -0.05) is 6.42 Å². The van der Waals surface area contributed by atoms with Gasteiger partial charge in [0.2, 0.25) is 17.7 Å². The van der Waals surface area contributed by atoms with Crippen LogP contribution in [0.1, 0.15) is 44.9 Å². The minimum Gasteiger partial charge on any atom is -0.344 e. The molecule has 2 atom stereocenters. The molecule has 0 aliphatic carbocycles. The Kier molecular flexibility index (Phi) is 4.90. The molecule has 3 N–H and O–H groups in total. The molecule has 2 aliphatic rings. The van der Waals surface area contributed by atoms with E-state index < -0.39 is 6.04 Å². The largest absolute Gasteiger partial charge is 0.344 e. The smallest absolute Gasteiger partial charge is 0.249 e. The van der Waals surface area contributed by atoms with Crippen LogP contribution in [-0.4, -0.2) is 36.3 Å². The highest BCUT2D eigenvalue weighted by Gasteiger charge is 2.27. The van der Waals surface area contributed by atoms with Crippen molar-refractivity contribution in [2.75, 3.05) is 6.54 Å². The van der Waals surface area contributed by atoms with Gasteiger partial charge in [-0.15, -0.1) is 0 Å². The molecular weight excluding hydrogens is 246 g/mol. The summed E-state index contributed by atoms with van der Waals surface area (Å²) in [6.07, 6.45) is 5.46. The maximum absolute atomic E-state index is 11.8. The van der Waals surface area contributed by atoms with Gasteiger partial charge in [0.1, 0.15) is 6.04 Å². The SMILES string of the molecule is O=C1CCC(NC(=O)CCC2CCCCN2)C(=O)N1. The fourth-order valence-corrected chi connectivity index (χ4v) is 2.57. The molecule has 0 bridgehead atoms. The molecule has 6 heteroatoms. The second-order valence-corrected chi connectivity index (χ2v) is 5.26. The molecule has 0 aromatic heterocycles. The Labute approximate surface area is 112 Å². The zero-order valence-electron chi connectivity index (χ0n) is 11.0. The normalized spacial score (nSPS) is 27.8. The Balaban J connectivity index is 1.68. The minimum atomic E-state index is -0.551. The second-order valence-electron chi connectivity index (χ2n) is 5.26. The van der Waals surface area contributed by atoms with Crippen LogP contribution in [0.25, 0.3) is 0 Å². The predicted octanol–water partition coefficient (Wildman–Crippen LogP) is -0.170. The molecule has 0 aromatic rings. The number of carbonyl (C=O) groups is 3. The number of rotatable bonds is 4. The van der Waals surface area contributed by atoms with Crippen LogP contribution in [0.3, 0.4) is 0 Å². The molecule has 2 saturated heterocycles. The van der Waals surface area contributed by atoms with E-state index in [1.54, 1.807) is 0 Å².